The van der Waals surface area contributed by atoms with E-state index in [4.69, 9.17) is 14.2 Å². The molecule has 5 saturated carbocycles. The Morgan fingerprint density at radius 2 is 1.92 bits per heavy atom. The number of methoxy groups -OCH3 is 1. The van der Waals surface area contributed by atoms with E-state index in [9.17, 15) is 5.11 Å². The quantitative estimate of drug-likeness (QED) is 0.593. The number of phenols is 1. The first-order valence-corrected chi connectivity index (χ1v) is 13.6. The van der Waals surface area contributed by atoms with Crippen LogP contribution in [-0.4, -0.2) is 64.1 Å². The van der Waals surface area contributed by atoms with Gasteiger partial charge in [-0.1, -0.05) is 6.07 Å². The maximum Gasteiger partial charge on any atom is 0.165 e. The number of aromatic nitrogens is 2. The summed E-state index contributed by atoms with van der Waals surface area (Å²) >= 11 is 0. The Bertz CT molecular complexity index is 1420. The second-order valence-electron chi connectivity index (χ2n) is 12.2. The molecule has 2 aliphatic heterocycles. The van der Waals surface area contributed by atoms with Crippen LogP contribution >= 0.6 is 0 Å². The summed E-state index contributed by atoms with van der Waals surface area (Å²) in [5, 5.41) is 10.9. The first-order valence-electron chi connectivity index (χ1n) is 13.6. The minimum atomic E-state index is -0.385. The average molecular weight is 498 g/mol. The lowest BCUT2D eigenvalue weighted by molar-refractivity contribution is -0.378. The highest BCUT2D eigenvalue weighted by Gasteiger charge is 2.88. The van der Waals surface area contributed by atoms with Crippen LogP contribution in [0.25, 0.3) is 5.69 Å². The first kappa shape index (κ1) is 21.0. The highest BCUT2D eigenvalue weighted by molar-refractivity contribution is 5.64. The van der Waals surface area contributed by atoms with Crippen LogP contribution in [0.5, 0.6) is 17.2 Å². The van der Waals surface area contributed by atoms with Crippen molar-refractivity contribution >= 4 is 0 Å². The summed E-state index contributed by atoms with van der Waals surface area (Å²) in [5.41, 5.74) is 3.37. The Kier molecular flexibility index (Phi) is 3.69. The van der Waals surface area contributed by atoms with Crippen molar-refractivity contribution in [1.29, 1.82) is 0 Å². The molecule has 3 aromatic rings. The third-order valence-corrected chi connectivity index (χ3v) is 11.5. The lowest BCUT2D eigenvalue weighted by Gasteiger charge is -2.81. The van der Waals surface area contributed by atoms with Gasteiger partial charge in [0.1, 0.15) is 23.6 Å². The number of likely N-dealkylation sites (tertiary alicyclic amines) is 1. The number of likely N-dealkylation sites (N-methyl/N-ethyl adjacent to an activating group) is 1. The molecule has 6 fully saturated rings. The summed E-state index contributed by atoms with van der Waals surface area (Å²) in [5.74, 6) is 2.42. The predicted molar refractivity (Wildman–Crippen MR) is 135 cm³/mol. The molecule has 5 atom stereocenters. The van der Waals surface area contributed by atoms with Crippen LogP contribution in [0, 0.1) is 17.3 Å². The Morgan fingerprint density at radius 3 is 2.65 bits per heavy atom. The number of hydrogen-bond donors (Lipinski definition) is 1. The normalized spacial score (nSPS) is 41.6. The second kappa shape index (κ2) is 6.51. The van der Waals surface area contributed by atoms with Crippen molar-refractivity contribution in [2.24, 2.45) is 17.3 Å². The number of phenolic OH excluding ortho intramolecular Hbond substituents is 1. The van der Waals surface area contributed by atoms with Gasteiger partial charge in [-0.3, -0.25) is 0 Å². The van der Waals surface area contributed by atoms with Crippen LogP contribution in [0.1, 0.15) is 30.4 Å². The molecule has 2 spiro atoms. The van der Waals surface area contributed by atoms with Crippen LogP contribution in [0.3, 0.4) is 0 Å². The van der Waals surface area contributed by atoms with E-state index < -0.39 is 0 Å². The largest absolute Gasteiger partial charge is 0.504 e. The fourth-order valence-corrected chi connectivity index (χ4v) is 10.3. The van der Waals surface area contributed by atoms with Gasteiger partial charge in [-0.2, -0.15) is 0 Å². The summed E-state index contributed by atoms with van der Waals surface area (Å²) in [4.78, 5) is 6.75. The van der Waals surface area contributed by atoms with E-state index in [1.807, 2.05) is 23.9 Å². The van der Waals surface area contributed by atoms with E-state index in [-0.39, 0.29) is 46.2 Å². The molecule has 37 heavy (non-hydrogen) atoms. The summed E-state index contributed by atoms with van der Waals surface area (Å²) in [7, 11) is 4.17. The Morgan fingerprint density at radius 1 is 1.11 bits per heavy atom. The molecule has 2 aromatic carbocycles. The fraction of sp³-hybridized carbons (Fsp3) is 0.500. The highest BCUT2D eigenvalue weighted by atomic mass is 16.6. The summed E-state index contributed by atoms with van der Waals surface area (Å²) in [6.07, 6.45) is 9.81. The molecule has 1 aromatic heterocycles. The summed E-state index contributed by atoms with van der Waals surface area (Å²) in [6, 6.07) is 12.7. The van der Waals surface area contributed by atoms with Crippen LogP contribution in [0.4, 0.5) is 0 Å². The Balaban J connectivity index is 1.13. The van der Waals surface area contributed by atoms with E-state index in [1.54, 1.807) is 12.5 Å². The zero-order valence-electron chi connectivity index (χ0n) is 21.1. The molecule has 11 rings (SSSR count). The highest BCUT2D eigenvalue weighted by Crippen LogP contribution is 2.82. The van der Waals surface area contributed by atoms with E-state index in [2.05, 4.69) is 47.3 Å². The minimum Gasteiger partial charge on any atom is -0.504 e. The van der Waals surface area contributed by atoms with Gasteiger partial charge < -0.3 is 28.8 Å². The van der Waals surface area contributed by atoms with Gasteiger partial charge >= 0.3 is 0 Å². The lowest BCUT2D eigenvalue weighted by atomic mass is 9.27. The minimum absolute atomic E-state index is 0.0792. The maximum absolute atomic E-state index is 10.9. The predicted octanol–water partition coefficient (Wildman–Crippen LogP) is 3.71. The van der Waals surface area contributed by atoms with Crippen LogP contribution in [0.2, 0.25) is 0 Å². The molecule has 8 aliphatic rings. The molecule has 7 heteroatoms. The number of benzene rings is 2. The SMILES string of the molecule is COC12[C@@H]3CC4(C[C@@H]1C3Oc1ccc(-n3ccnc3)cc1)[C@H]1Cc3ccc(O)c5c3[C@@]4(CCN1C)[C@H]2O5. The number of hydrogen-bond acceptors (Lipinski definition) is 6. The third kappa shape index (κ3) is 2.09. The van der Waals surface area contributed by atoms with Gasteiger partial charge in [0.15, 0.2) is 11.5 Å². The van der Waals surface area contributed by atoms with Crippen molar-refractivity contribution in [3.8, 4) is 22.9 Å². The maximum atomic E-state index is 10.9. The van der Waals surface area contributed by atoms with Gasteiger partial charge in [0.2, 0.25) is 0 Å². The molecule has 6 bridgehead atoms. The molecule has 3 heterocycles. The van der Waals surface area contributed by atoms with E-state index in [0.29, 0.717) is 6.04 Å². The average Bonchev–Trinajstić information content (AvgIpc) is 3.58. The van der Waals surface area contributed by atoms with Gasteiger partial charge in [-0.05, 0) is 75.2 Å². The van der Waals surface area contributed by atoms with Gasteiger partial charge in [0.05, 0.1) is 6.33 Å². The fourth-order valence-electron chi connectivity index (χ4n) is 10.3. The van der Waals surface area contributed by atoms with Crippen molar-refractivity contribution < 1.29 is 19.3 Å². The van der Waals surface area contributed by atoms with E-state index in [0.717, 1.165) is 49.4 Å². The van der Waals surface area contributed by atoms with Crippen LogP contribution in [0.15, 0.2) is 55.1 Å². The smallest absolute Gasteiger partial charge is 0.165 e. The Hall–Kier alpha value is -3.03. The second-order valence-corrected chi connectivity index (χ2v) is 12.2. The third-order valence-electron chi connectivity index (χ3n) is 11.5. The van der Waals surface area contributed by atoms with Crippen molar-refractivity contribution in [2.45, 2.75) is 54.9 Å². The monoisotopic (exact) mass is 497 g/mol. The first-order chi connectivity index (χ1) is 18.0. The number of aromatic hydroxyl groups is 1. The van der Waals surface area contributed by atoms with Crippen LogP contribution < -0.4 is 9.47 Å². The lowest BCUT2D eigenvalue weighted by Crippen LogP contribution is -2.90. The number of imidazole rings is 1. The van der Waals surface area contributed by atoms with Crippen molar-refractivity contribution in [2.75, 3.05) is 20.7 Å². The van der Waals surface area contributed by atoms with E-state index >= 15 is 0 Å². The number of nitrogens with zero attached hydrogens (tertiary/aromatic N) is 3. The molecule has 6 aliphatic carbocycles. The summed E-state index contributed by atoms with van der Waals surface area (Å²) < 4.78 is 22.2. The van der Waals surface area contributed by atoms with Gasteiger partial charge in [-0.25, -0.2) is 4.98 Å². The van der Waals surface area contributed by atoms with Gasteiger partial charge in [-0.15, -0.1) is 0 Å². The topological polar surface area (TPSA) is 69.0 Å². The zero-order chi connectivity index (χ0) is 24.7. The standard InChI is InChI=1S/C30H31N3O4/c1-32-11-9-29-24-17-3-8-22(34)26(24)37-27(29)30(35-2)20-14-28(29,23(32)13-17)15-21(30)25(20)36-19-6-4-18(5-7-19)33-12-10-31-16-33/h3-8,10,12,16,20-21,23,25,27,34H,9,11,13-15H2,1-2H3/t20-,21-,23-,25?,27-,28?,29+,30?/m1/s1. The van der Waals surface area contributed by atoms with Crippen LogP contribution in [-0.2, 0) is 16.6 Å². The molecular formula is C30H31N3O4. The molecule has 7 nitrogen and oxygen atoms in total. The van der Waals surface area contributed by atoms with Gasteiger partial charge in [0.25, 0.3) is 0 Å². The molecular weight excluding hydrogens is 466 g/mol. The number of ether oxygens (including phenoxy) is 3. The zero-order valence-corrected chi connectivity index (χ0v) is 21.1. The Labute approximate surface area is 216 Å². The van der Waals surface area contributed by atoms with Gasteiger partial charge in [0, 0.05) is 59.5 Å². The number of rotatable bonds is 4. The molecule has 190 valence electrons. The molecule has 0 radical (unpaired) electrons. The van der Waals surface area contributed by atoms with Crippen molar-refractivity contribution in [3.63, 3.8) is 0 Å². The molecule has 0 amide bonds. The molecule has 1 saturated heterocycles. The van der Waals surface area contributed by atoms with Crippen molar-refractivity contribution in [1.82, 2.24) is 14.5 Å². The van der Waals surface area contributed by atoms with E-state index in [1.165, 1.54) is 11.1 Å². The summed E-state index contributed by atoms with van der Waals surface area (Å²) in [6.45, 7) is 1.05. The molecule has 0 unspecified atom stereocenters. The molecule has 1 N–H and O–H groups in total. The van der Waals surface area contributed by atoms with Crippen molar-refractivity contribution in [3.05, 3.63) is 66.2 Å². The number of piperidine rings is 1.